The molecule has 0 saturated carbocycles. The zero-order chi connectivity index (χ0) is 40.5. The third-order valence-electron chi connectivity index (χ3n) is 12.8. The number of fused-ring (bicyclic) bond motifs is 7. The Labute approximate surface area is 359 Å². The predicted molar refractivity (Wildman–Crippen MR) is 257 cm³/mol. The maximum absolute atomic E-state index is 5.39. The van der Waals surface area contributed by atoms with E-state index in [9.17, 15) is 0 Å². The molecule has 61 heavy (non-hydrogen) atoms. The first kappa shape index (κ1) is 35.5. The molecule has 1 atom stereocenters. The Morgan fingerprint density at radius 3 is 1.85 bits per heavy atom. The second-order valence-electron chi connectivity index (χ2n) is 16.3. The van der Waals surface area contributed by atoms with Crippen molar-refractivity contribution in [1.29, 1.82) is 0 Å². The SMILES string of the molecule is CC1(c2ccccc2)c2ccccc2-c2ccc(-c3cc(-c4cc(-c5ccc6sc7ccccc7c6c5)cc(-c5cccc6ccccc56)c4)nc(-c4ccccc4)n3)cc21. The van der Waals surface area contributed by atoms with Gasteiger partial charge in [-0.15, -0.1) is 11.3 Å². The van der Waals surface area contributed by atoms with Crippen molar-refractivity contribution in [2.24, 2.45) is 0 Å². The van der Waals surface area contributed by atoms with Crippen LogP contribution in [-0.4, -0.2) is 9.97 Å². The molecular weight excluding hydrogens is 757 g/mol. The van der Waals surface area contributed by atoms with Crippen LogP contribution in [0.25, 0.3) is 98.2 Å². The highest BCUT2D eigenvalue weighted by Gasteiger charge is 2.40. The summed E-state index contributed by atoms with van der Waals surface area (Å²) >= 11 is 1.85. The minimum atomic E-state index is -0.322. The average Bonchev–Trinajstić information content (AvgIpc) is 3.84. The van der Waals surface area contributed by atoms with E-state index < -0.39 is 0 Å². The van der Waals surface area contributed by atoms with Crippen LogP contribution in [0.4, 0.5) is 0 Å². The Bertz CT molecular complexity index is 3490. The molecular formula is C58H38N2S. The monoisotopic (exact) mass is 794 g/mol. The van der Waals surface area contributed by atoms with Crippen molar-refractivity contribution in [2.45, 2.75) is 12.3 Å². The number of thiophene rings is 1. The lowest BCUT2D eigenvalue weighted by Gasteiger charge is -2.28. The van der Waals surface area contributed by atoms with Crippen LogP contribution in [0.1, 0.15) is 23.6 Å². The summed E-state index contributed by atoms with van der Waals surface area (Å²) in [5.74, 6) is 0.700. The van der Waals surface area contributed by atoms with Crippen molar-refractivity contribution in [2.75, 3.05) is 0 Å². The van der Waals surface area contributed by atoms with Crippen molar-refractivity contribution >= 4 is 42.3 Å². The molecule has 0 aliphatic heterocycles. The third kappa shape index (κ3) is 5.84. The standard InChI is InChI=1S/C58H38N2S/c1-58(44-19-6-3-7-20-44)51-25-12-10-22-47(51)48-29-27-40(35-52(48)58)53-36-54(60-57(59-53)38-16-4-2-5-17-38)43-32-41(31-42(33-43)46-24-14-18-37-15-8-9-21-45(37)46)39-28-30-56-50(34-39)49-23-11-13-26-55(49)61-56/h2-36H,1H3. The van der Waals surface area contributed by atoms with E-state index in [1.54, 1.807) is 0 Å². The predicted octanol–water partition coefficient (Wildman–Crippen LogP) is 15.7. The van der Waals surface area contributed by atoms with E-state index in [4.69, 9.17) is 9.97 Å². The van der Waals surface area contributed by atoms with Gasteiger partial charge < -0.3 is 0 Å². The lowest BCUT2D eigenvalue weighted by Crippen LogP contribution is -2.22. The molecule has 9 aromatic carbocycles. The van der Waals surface area contributed by atoms with Crippen molar-refractivity contribution in [1.82, 2.24) is 9.97 Å². The molecule has 0 fully saturated rings. The molecule has 2 aromatic heterocycles. The van der Waals surface area contributed by atoms with Gasteiger partial charge in [0.15, 0.2) is 5.82 Å². The van der Waals surface area contributed by atoms with Crippen LogP contribution >= 0.6 is 11.3 Å². The zero-order valence-corrected chi connectivity index (χ0v) is 34.3. The summed E-state index contributed by atoms with van der Waals surface area (Å²) in [6.07, 6.45) is 0. The van der Waals surface area contributed by atoms with Gasteiger partial charge in [0.2, 0.25) is 0 Å². The first-order valence-electron chi connectivity index (χ1n) is 20.9. The second-order valence-corrected chi connectivity index (χ2v) is 17.3. The Hall–Kier alpha value is -7.46. The summed E-state index contributed by atoms with van der Waals surface area (Å²) in [7, 11) is 0. The Kier molecular flexibility index (Phi) is 8.19. The van der Waals surface area contributed by atoms with Gasteiger partial charge in [0, 0.05) is 42.3 Å². The maximum atomic E-state index is 5.39. The van der Waals surface area contributed by atoms with E-state index in [2.05, 4.69) is 213 Å². The summed E-state index contributed by atoms with van der Waals surface area (Å²) in [6.45, 7) is 2.37. The Balaban J connectivity index is 1.08. The highest BCUT2D eigenvalue weighted by Crippen LogP contribution is 2.53. The van der Waals surface area contributed by atoms with Crippen molar-refractivity contribution in [3.8, 4) is 67.3 Å². The third-order valence-corrected chi connectivity index (χ3v) is 13.9. The van der Waals surface area contributed by atoms with Crippen LogP contribution in [0, 0.1) is 0 Å². The van der Waals surface area contributed by atoms with Gasteiger partial charge >= 0.3 is 0 Å². The largest absolute Gasteiger partial charge is 0.228 e. The van der Waals surface area contributed by atoms with Gasteiger partial charge in [-0.1, -0.05) is 164 Å². The topological polar surface area (TPSA) is 25.8 Å². The van der Waals surface area contributed by atoms with Crippen LogP contribution in [0.15, 0.2) is 212 Å². The molecule has 0 bridgehead atoms. The molecule has 2 heterocycles. The van der Waals surface area contributed by atoms with Crippen molar-refractivity contribution in [3.05, 3.63) is 229 Å². The number of rotatable bonds is 6. The van der Waals surface area contributed by atoms with E-state index in [1.165, 1.54) is 69.9 Å². The van der Waals surface area contributed by atoms with E-state index in [0.29, 0.717) is 5.82 Å². The van der Waals surface area contributed by atoms with Crippen LogP contribution in [0.2, 0.25) is 0 Å². The molecule has 1 unspecified atom stereocenters. The van der Waals surface area contributed by atoms with Gasteiger partial charge in [-0.05, 0) is 116 Å². The van der Waals surface area contributed by atoms with Crippen molar-refractivity contribution in [3.63, 3.8) is 0 Å². The van der Waals surface area contributed by atoms with Gasteiger partial charge in [-0.25, -0.2) is 9.97 Å². The van der Waals surface area contributed by atoms with E-state index >= 15 is 0 Å². The fourth-order valence-corrected chi connectivity index (χ4v) is 10.8. The molecule has 286 valence electrons. The number of aromatic nitrogens is 2. The average molecular weight is 795 g/mol. The minimum absolute atomic E-state index is 0.322. The van der Waals surface area contributed by atoms with Gasteiger partial charge in [0.05, 0.1) is 11.4 Å². The summed E-state index contributed by atoms with van der Waals surface area (Å²) < 4.78 is 2.60. The number of nitrogens with zero attached hydrogens (tertiary/aromatic N) is 2. The molecule has 11 aromatic rings. The summed E-state index contributed by atoms with van der Waals surface area (Å²) in [6, 6.07) is 77.2. The van der Waals surface area contributed by atoms with Crippen molar-refractivity contribution < 1.29 is 0 Å². The minimum Gasteiger partial charge on any atom is -0.228 e. The van der Waals surface area contributed by atoms with Gasteiger partial charge in [0.25, 0.3) is 0 Å². The van der Waals surface area contributed by atoms with Crippen LogP contribution < -0.4 is 0 Å². The summed E-state index contributed by atoms with van der Waals surface area (Å²) in [5, 5.41) is 5.02. The van der Waals surface area contributed by atoms with Gasteiger partial charge in [-0.2, -0.15) is 0 Å². The Morgan fingerprint density at radius 1 is 0.361 bits per heavy atom. The quantitative estimate of drug-likeness (QED) is 0.168. The molecule has 0 spiro atoms. The first-order valence-corrected chi connectivity index (χ1v) is 21.7. The number of hydrogen-bond acceptors (Lipinski definition) is 3. The second kappa shape index (κ2) is 14.1. The number of benzene rings is 9. The van der Waals surface area contributed by atoms with E-state index in [0.717, 1.165) is 39.2 Å². The molecule has 0 N–H and O–H groups in total. The van der Waals surface area contributed by atoms with Crippen LogP contribution in [0.3, 0.4) is 0 Å². The molecule has 2 nitrogen and oxygen atoms in total. The molecule has 0 saturated heterocycles. The number of hydrogen-bond donors (Lipinski definition) is 0. The molecule has 12 rings (SSSR count). The molecule has 0 amide bonds. The smallest absolute Gasteiger partial charge is 0.160 e. The molecule has 1 aliphatic rings. The van der Waals surface area contributed by atoms with Crippen LogP contribution in [-0.2, 0) is 5.41 Å². The highest BCUT2D eigenvalue weighted by atomic mass is 32.1. The van der Waals surface area contributed by atoms with E-state index in [1.807, 2.05) is 17.4 Å². The summed E-state index contributed by atoms with van der Waals surface area (Å²) in [5.41, 5.74) is 15.6. The fraction of sp³-hybridized carbons (Fsp3) is 0.0345. The maximum Gasteiger partial charge on any atom is 0.160 e. The van der Waals surface area contributed by atoms with Crippen LogP contribution in [0.5, 0.6) is 0 Å². The molecule has 0 radical (unpaired) electrons. The summed E-state index contributed by atoms with van der Waals surface area (Å²) in [4.78, 5) is 10.7. The Morgan fingerprint density at radius 2 is 0.984 bits per heavy atom. The first-order chi connectivity index (χ1) is 30.1. The molecule has 3 heteroatoms. The fourth-order valence-electron chi connectivity index (χ4n) is 9.67. The van der Waals surface area contributed by atoms with Gasteiger partial charge in [0.1, 0.15) is 0 Å². The van der Waals surface area contributed by atoms with Gasteiger partial charge in [-0.3, -0.25) is 0 Å². The lowest BCUT2D eigenvalue weighted by atomic mass is 9.74. The highest BCUT2D eigenvalue weighted by molar-refractivity contribution is 7.25. The zero-order valence-electron chi connectivity index (χ0n) is 33.5. The molecule has 1 aliphatic carbocycles. The lowest BCUT2D eigenvalue weighted by molar-refractivity contribution is 0.714. The normalized spacial score (nSPS) is 14.4. The van der Waals surface area contributed by atoms with E-state index in [-0.39, 0.29) is 5.41 Å².